The average Bonchev–Trinajstić information content (AvgIpc) is 2.67. The van der Waals surface area contributed by atoms with Crippen molar-refractivity contribution in [3.05, 3.63) is 52.3 Å². The predicted octanol–water partition coefficient (Wildman–Crippen LogP) is 2.47. The molecule has 0 unspecified atom stereocenters. The highest BCUT2D eigenvalue weighted by molar-refractivity contribution is 5.27. The van der Waals surface area contributed by atoms with Crippen molar-refractivity contribution >= 4 is 0 Å². The summed E-state index contributed by atoms with van der Waals surface area (Å²) in [5.41, 5.74) is 6.13. The van der Waals surface area contributed by atoms with E-state index in [0.29, 0.717) is 6.61 Å². The van der Waals surface area contributed by atoms with Gasteiger partial charge in [0.2, 0.25) is 0 Å². The van der Waals surface area contributed by atoms with E-state index in [9.17, 15) is 0 Å². The molecule has 0 fully saturated rings. The molecule has 0 radical (unpaired) electrons. The van der Waals surface area contributed by atoms with Gasteiger partial charge in [0.05, 0.1) is 12.3 Å². The Hall–Kier alpha value is -1.65. The topological polar surface area (TPSA) is 39.1 Å². The molecule has 0 aliphatic heterocycles. The Balaban J connectivity index is 1.99. The maximum Gasteiger partial charge on any atom is 0.0716 e. The monoisotopic (exact) mass is 273 g/mol. The van der Waals surface area contributed by atoms with Gasteiger partial charge in [0, 0.05) is 38.5 Å². The van der Waals surface area contributed by atoms with Crippen LogP contribution < -0.4 is 5.32 Å². The first kappa shape index (κ1) is 14.8. The molecule has 4 heteroatoms. The number of methoxy groups -OCH3 is 1. The minimum atomic E-state index is 0.656. The Labute approximate surface area is 120 Å². The van der Waals surface area contributed by atoms with E-state index in [4.69, 9.17) is 4.74 Å². The fourth-order valence-electron chi connectivity index (χ4n) is 2.42. The van der Waals surface area contributed by atoms with Gasteiger partial charge in [-0.1, -0.05) is 24.3 Å². The Kier molecular flexibility index (Phi) is 4.93. The van der Waals surface area contributed by atoms with Crippen molar-refractivity contribution in [3.63, 3.8) is 0 Å². The van der Waals surface area contributed by atoms with E-state index in [-0.39, 0.29) is 0 Å². The van der Waals surface area contributed by atoms with E-state index in [1.165, 1.54) is 22.4 Å². The lowest BCUT2D eigenvalue weighted by Gasteiger charge is -2.10. The van der Waals surface area contributed by atoms with E-state index in [0.717, 1.165) is 18.8 Å². The summed E-state index contributed by atoms with van der Waals surface area (Å²) in [7, 11) is 3.71. The molecule has 0 saturated carbocycles. The number of nitrogens with zero attached hydrogens (tertiary/aromatic N) is 2. The van der Waals surface area contributed by atoms with Crippen LogP contribution in [0.4, 0.5) is 0 Å². The molecule has 1 N–H and O–H groups in total. The summed E-state index contributed by atoms with van der Waals surface area (Å²) in [4.78, 5) is 0. The van der Waals surface area contributed by atoms with Gasteiger partial charge >= 0.3 is 0 Å². The fourth-order valence-corrected chi connectivity index (χ4v) is 2.42. The summed E-state index contributed by atoms with van der Waals surface area (Å²) < 4.78 is 7.17. The molecule has 0 saturated heterocycles. The van der Waals surface area contributed by atoms with Gasteiger partial charge in [-0.3, -0.25) is 4.68 Å². The lowest BCUT2D eigenvalue weighted by Crippen LogP contribution is -2.15. The first-order valence-corrected chi connectivity index (χ1v) is 6.89. The van der Waals surface area contributed by atoms with Gasteiger partial charge in [0.15, 0.2) is 0 Å². The van der Waals surface area contributed by atoms with E-state index in [1.54, 1.807) is 7.11 Å². The minimum absolute atomic E-state index is 0.656. The van der Waals surface area contributed by atoms with E-state index >= 15 is 0 Å². The molecule has 1 heterocycles. The largest absolute Gasteiger partial charge is 0.380 e. The van der Waals surface area contributed by atoms with E-state index < -0.39 is 0 Å². The van der Waals surface area contributed by atoms with Crippen LogP contribution in [0, 0.1) is 13.8 Å². The molecular formula is C16H23N3O. The summed E-state index contributed by atoms with van der Waals surface area (Å²) in [6, 6.07) is 8.37. The average molecular weight is 273 g/mol. The maximum atomic E-state index is 5.23. The normalized spacial score (nSPS) is 11.0. The highest BCUT2D eigenvalue weighted by Crippen LogP contribution is 2.13. The lowest BCUT2D eigenvalue weighted by molar-refractivity contribution is 0.184. The van der Waals surface area contributed by atoms with Crippen LogP contribution in [-0.2, 0) is 31.5 Å². The first-order valence-electron chi connectivity index (χ1n) is 6.89. The second-order valence-corrected chi connectivity index (χ2v) is 5.08. The molecule has 0 bridgehead atoms. The molecule has 108 valence electrons. The summed E-state index contributed by atoms with van der Waals surface area (Å²) in [6.45, 7) is 6.50. The van der Waals surface area contributed by atoms with Crippen molar-refractivity contribution in [1.82, 2.24) is 15.1 Å². The van der Waals surface area contributed by atoms with Gasteiger partial charge < -0.3 is 10.1 Å². The molecule has 2 rings (SSSR count). The Morgan fingerprint density at radius 2 is 1.85 bits per heavy atom. The summed E-state index contributed by atoms with van der Waals surface area (Å²) in [6.07, 6.45) is 0. The maximum absolute atomic E-state index is 5.23. The highest BCUT2D eigenvalue weighted by atomic mass is 16.5. The Bertz CT molecular complexity index is 575. The van der Waals surface area contributed by atoms with Gasteiger partial charge in [-0.15, -0.1) is 0 Å². The van der Waals surface area contributed by atoms with Crippen molar-refractivity contribution < 1.29 is 4.74 Å². The zero-order chi connectivity index (χ0) is 14.5. The zero-order valence-electron chi connectivity index (χ0n) is 12.7. The summed E-state index contributed by atoms with van der Waals surface area (Å²) in [5.74, 6) is 0. The summed E-state index contributed by atoms with van der Waals surface area (Å²) >= 11 is 0. The van der Waals surface area contributed by atoms with Crippen molar-refractivity contribution in [2.45, 2.75) is 33.5 Å². The third-order valence-electron chi connectivity index (χ3n) is 3.69. The molecule has 0 atom stereocenters. The van der Waals surface area contributed by atoms with E-state index in [2.05, 4.69) is 42.5 Å². The summed E-state index contributed by atoms with van der Waals surface area (Å²) in [5, 5.41) is 7.94. The lowest BCUT2D eigenvalue weighted by atomic mass is 10.1. The van der Waals surface area contributed by atoms with Crippen LogP contribution in [-0.4, -0.2) is 16.9 Å². The van der Waals surface area contributed by atoms with Crippen molar-refractivity contribution in [3.8, 4) is 0 Å². The number of nitrogens with one attached hydrogen (secondary N) is 1. The fraction of sp³-hybridized carbons (Fsp3) is 0.438. The second-order valence-electron chi connectivity index (χ2n) is 5.08. The molecule has 0 aliphatic rings. The molecule has 0 spiro atoms. The molecule has 0 amide bonds. The number of hydrogen-bond donors (Lipinski definition) is 1. The standard InChI is InChI=1S/C16H23N3O/c1-12-16(13(2)19(3)18-12)10-17-9-14-7-5-6-8-15(14)11-20-4/h5-8,17H,9-11H2,1-4H3. The number of rotatable bonds is 6. The molecule has 2 aromatic rings. The third-order valence-corrected chi connectivity index (χ3v) is 3.69. The van der Waals surface area contributed by atoms with Crippen molar-refractivity contribution in [2.24, 2.45) is 7.05 Å². The van der Waals surface area contributed by atoms with Crippen LogP contribution >= 0.6 is 0 Å². The Morgan fingerprint density at radius 3 is 2.45 bits per heavy atom. The molecule has 1 aromatic heterocycles. The minimum Gasteiger partial charge on any atom is -0.380 e. The van der Waals surface area contributed by atoms with Gasteiger partial charge in [0.1, 0.15) is 0 Å². The molecule has 1 aromatic carbocycles. The third kappa shape index (κ3) is 3.26. The number of hydrogen-bond acceptors (Lipinski definition) is 3. The van der Waals surface area contributed by atoms with Crippen LogP contribution in [0.15, 0.2) is 24.3 Å². The van der Waals surface area contributed by atoms with Gasteiger partial charge in [-0.2, -0.15) is 5.10 Å². The van der Waals surface area contributed by atoms with Crippen LogP contribution in [0.25, 0.3) is 0 Å². The second kappa shape index (κ2) is 6.68. The number of benzene rings is 1. The quantitative estimate of drug-likeness (QED) is 0.879. The van der Waals surface area contributed by atoms with Crippen LogP contribution in [0.5, 0.6) is 0 Å². The van der Waals surface area contributed by atoms with Crippen molar-refractivity contribution in [2.75, 3.05) is 7.11 Å². The molecule has 0 aliphatic carbocycles. The Morgan fingerprint density at radius 1 is 1.15 bits per heavy atom. The smallest absolute Gasteiger partial charge is 0.0716 e. The molecular weight excluding hydrogens is 250 g/mol. The SMILES string of the molecule is COCc1ccccc1CNCc1c(C)nn(C)c1C. The van der Waals surface area contributed by atoms with Crippen molar-refractivity contribution in [1.29, 1.82) is 0 Å². The number of ether oxygens (including phenoxy) is 1. The van der Waals surface area contributed by atoms with Gasteiger partial charge in [-0.25, -0.2) is 0 Å². The first-order chi connectivity index (χ1) is 9.63. The van der Waals surface area contributed by atoms with Crippen LogP contribution in [0.2, 0.25) is 0 Å². The highest BCUT2D eigenvalue weighted by Gasteiger charge is 2.09. The number of aromatic nitrogens is 2. The molecule has 20 heavy (non-hydrogen) atoms. The predicted molar refractivity (Wildman–Crippen MR) is 80.4 cm³/mol. The zero-order valence-corrected chi connectivity index (χ0v) is 12.7. The van der Waals surface area contributed by atoms with E-state index in [1.807, 2.05) is 17.8 Å². The molecule has 4 nitrogen and oxygen atoms in total. The van der Waals surface area contributed by atoms with Crippen LogP contribution in [0.3, 0.4) is 0 Å². The van der Waals surface area contributed by atoms with Crippen LogP contribution in [0.1, 0.15) is 28.1 Å². The number of aryl methyl sites for hydroxylation is 2. The van der Waals surface area contributed by atoms with Gasteiger partial charge in [0.25, 0.3) is 0 Å². The van der Waals surface area contributed by atoms with Gasteiger partial charge in [-0.05, 0) is 25.0 Å².